The normalized spacial score (nSPS) is 15.0. The Labute approximate surface area is 123 Å². The van der Waals surface area contributed by atoms with Crippen LogP contribution in [0.5, 0.6) is 0 Å². The molecule has 1 aliphatic carbocycles. The van der Waals surface area contributed by atoms with Crippen LogP contribution < -0.4 is 0 Å². The SMILES string of the molecule is O=C(c1ccc(C2CCC2)cc1)c1coc2ccccc12. The van der Waals surface area contributed by atoms with E-state index in [1.165, 1.54) is 24.8 Å². The van der Waals surface area contributed by atoms with Crippen molar-refractivity contribution in [2.45, 2.75) is 25.2 Å². The second-order valence-electron chi connectivity index (χ2n) is 5.72. The maximum atomic E-state index is 12.6. The first kappa shape index (κ1) is 12.4. The van der Waals surface area contributed by atoms with Crippen molar-refractivity contribution in [3.63, 3.8) is 0 Å². The number of fused-ring (bicyclic) bond motifs is 1. The number of benzene rings is 2. The molecule has 1 aromatic heterocycles. The van der Waals surface area contributed by atoms with Crippen LogP contribution in [0.3, 0.4) is 0 Å². The van der Waals surface area contributed by atoms with Gasteiger partial charge in [-0.3, -0.25) is 4.79 Å². The summed E-state index contributed by atoms with van der Waals surface area (Å²) in [5.41, 5.74) is 3.48. The van der Waals surface area contributed by atoms with E-state index in [1.54, 1.807) is 6.26 Å². The predicted molar refractivity (Wildman–Crippen MR) is 82.7 cm³/mol. The first-order valence-electron chi connectivity index (χ1n) is 7.44. The fourth-order valence-electron chi connectivity index (χ4n) is 2.96. The van der Waals surface area contributed by atoms with Gasteiger partial charge in [-0.1, -0.05) is 48.9 Å². The molecule has 1 aliphatic rings. The molecule has 0 N–H and O–H groups in total. The number of carbonyl (C=O) groups is 1. The molecule has 21 heavy (non-hydrogen) atoms. The van der Waals surface area contributed by atoms with E-state index in [0.29, 0.717) is 11.5 Å². The molecule has 0 amide bonds. The number of rotatable bonds is 3. The van der Waals surface area contributed by atoms with Crippen LogP contribution >= 0.6 is 0 Å². The summed E-state index contributed by atoms with van der Waals surface area (Å²) in [5, 5.41) is 0.880. The van der Waals surface area contributed by atoms with Crippen LogP contribution in [0.2, 0.25) is 0 Å². The molecular formula is C19H16O2. The fraction of sp³-hybridized carbons (Fsp3) is 0.211. The Kier molecular flexibility index (Phi) is 2.88. The van der Waals surface area contributed by atoms with Gasteiger partial charge >= 0.3 is 0 Å². The Morgan fingerprint density at radius 2 is 1.76 bits per heavy atom. The largest absolute Gasteiger partial charge is 0.464 e. The van der Waals surface area contributed by atoms with E-state index in [9.17, 15) is 4.79 Å². The lowest BCUT2D eigenvalue weighted by Gasteiger charge is -2.25. The molecule has 2 heteroatoms. The Hall–Kier alpha value is -2.35. The molecule has 3 aromatic rings. The minimum atomic E-state index is 0.0279. The van der Waals surface area contributed by atoms with E-state index >= 15 is 0 Å². The molecule has 2 aromatic carbocycles. The van der Waals surface area contributed by atoms with Crippen LogP contribution in [0.25, 0.3) is 11.0 Å². The van der Waals surface area contributed by atoms with Crippen LogP contribution in [-0.4, -0.2) is 5.78 Å². The van der Waals surface area contributed by atoms with Gasteiger partial charge in [0.05, 0.1) is 5.56 Å². The molecule has 0 atom stereocenters. The monoisotopic (exact) mass is 276 g/mol. The molecule has 4 rings (SSSR count). The van der Waals surface area contributed by atoms with Crippen molar-refractivity contribution in [3.8, 4) is 0 Å². The summed E-state index contributed by atoms with van der Waals surface area (Å²) >= 11 is 0. The lowest BCUT2D eigenvalue weighted by atomic mass is 9.80. The Morgan fingerprint density at radius 3 is 2.48 bits per heavy atom. The summed E-state index contributed by atoms with van der Waals surface area (Å²) in [4.78, 5) is 12.6. The van der Waals surface area contributed by atoms with E-state index in [2.05, 4.69) is 12.1 Å². The highest BCUT2D eigenvalue weighted by atomic mass is 16.3. The van der Waals surface area contributed by atoms with Crippen molar-refractivity contribution in [2.24, 2.45) is 0 Å². The van der Waals surface area contributed by atoms with Crippen LogP contribution in [0, 0.1) is 0 Å². The summed E-state index contributed by atoms with van der Waals surface area (Å²) in [6.07, 6.45) is 5.44. The molecule has 0 radical (unpaired) electrons. The smallest absolute Gasteiger partial charge is 0.196 e. The van der Waals surface area contributed by atoms with Crippen molar-refractivity contribution < 1.29 is 9.21 Å². The molecule has 0 bridgehead atoms. The number of para-hydroxylation sites is 1. The highest BCUT2D eigenvalue weighted by Crippen LogP contribution is 2.36. The van der Waals surface area contributed by atoms with Gasteiger partial charge in [0.1, 0.15) is 11.8 Å². The zero-order valence-electron chi connectivity index (χ0n) is 11.7. The van der Waals surface area contributed by atoms with Gasteiger partial charge in [0.15, 0.2) is 5.78 Å². The van der Waals surface area contributed by atoms with E-state index in [-0.39, 0.29) is 5.78 Å². The van der Waals surface area contributed by atoms with Gasteiger partial charge < -0.3 is 4.42 Å². The zero-order valence-corrected chi connectivity index (χ0v) is 11.7. The van der Waals surface area contributed by atoms with Crippen LogP contribution in [0.1, 0.15) is 46.7 Å². The Bertz CT molecular complexity index is 792. The van der Waals surface area contributed by atoms with Gasteiger partial charge in [0.2, 0.25) is 0 Å². The summed E-state index contributed by atoms with van der Waals surface area (Å²) < 4.78 is 5.46. The van der Waals surface area contributed by atoms with Crippen LogP contribution in [0.15, 0.2) is 59.2 Å². The summed E-state index contributed by atoms with van der Waals surface area (Å²) in [5.74, 6) is 0.726. The van der Waals surface area contributed by atoms with Crippen molar-refractivity contribution in [1.82, 2.24) is 0 Å². The van der Waals surface area contributed by atoms with Gasteiger partial charge in [-0.15, -0.1) is 0 Å². The minimum Gasteiger partial charge on any atom is -0.464 e. The molecular weight excluding hydrogens is 260 g/mol. The first-order valence-corrected chi connectivity index (χ1v) is 7.44. The third-order valence-electron chi connectivity index (χ3n) is 4.48. The van der Waals surface area contributed by atoms with Gasteiger partial charge in [0.25, 0.3) is 0 Å². The lowest BCUT2D eigenvalue weighted by Crippen LogP contribution is -2.09. The van der Waals surface area contributed by atoms with Gasteiger partial charge in [-0.25, -0.2) is 0 Å². The van der Waals surface area contributed by atoms with Crippen LogP contribution in [0.4, 0.5) is 0 Å². The molecule has 0 spiro atoms. The van der Waals surface area contributed by atoms with Crippen LogP contribution in [-0.2, 0) is 0 Å². The molecule has 104 valence electrons. The standard InChI is InChI=1S/C19H16O2/c20-19(17-12-21-18-7-2-1-6-16(17)18)15-10-8-14(9-11-15)13-4-3-5-13/h1-2,6-13H,3-5H2. The summed E-state index contributed by atoms with van der Waals surface area (Å²) in [6, 6.07) is 15.7. The highest BCUT2D eigenvalue weighted by Gasteiger charge is 2.20. The Balaban J connectivity index is 1.67. The molecule has 1 fully saturated rings. The first-order chi connectivity index (χ1) is 10.3. The molecule has 0 unspecified atom stereocenters. The van der Waals surface area contributed by atoms with E-state index in [4.69, 9.17) is 4.42 Å². The maximum absolute atomic E-state index is 12.6. The average molecular weight is 276 g/mol. The van der Waals surface area contributed by atoms with E-state index in [1.807, 2.05) is 36.4 Å². The minimum absolute atomic E-state index is 0.0279. The Morgan fingerprint density at radius 1 is 1.00 bits per heavy atom. The predicted octanol–water partition coefficient (Wildman–Crippen LogP) is 4.93. The number of furan rings is 1. The lowest BCUT2D eigenvalue weighted by molar-refractivity contribution is 0.103. The van der Waals surface area contributed by atoms with Crippen molar-refractivity contribution >= 4 is 16.8 Å². The number of ketones is 1. The number of hydrogen-bond acceptors (Lipinski definition) is 2. The van der Waals surface area contributed by atoms with Crippen molar-refractivity contribution in [2.75, 3.05) is 0 Å². The average Bonchev–Trinajstić information content (AvgIpc) is 2.89. The fourth-order valence-corrected chi connectivity index (χ4v) is 2.96. The van der Waals surface area contributed by atoms with Crippen molar-refractivity contribution in [1.29, 1.82) is 0 Å². The number of hydrogen-bond donors (Lipinski definition) is 0. The van der Waals surface area contributed by atoms with Crippen molar-refractivity contribution in [3.05, 3.63) is 71.5 Å². The molecule has 2 nitrogen and oxygen atoms in total. The summed E-state index contributed by atoms with van der Waals surface area (Å²) in [6.45, 7) is 0. The second kappa shape index (κ2) is 4.88. The molecule has 0 aliphatic heterocycles. The molecule has 1 saturated carbocycles. The van der Waals surface area contributed by atoms with Gasteiger partial charge in [-0.2, -0.15) is 0 Å². The maximum Gasteiger partial charge on any atom is 0.196 e. The van der Waals surface area contributed by atoms with Gasteiger partial charge in [-0.05, 0) is 30.4 Å². The van der Waals surface area contributed by atoms with E-state index in [0.717, 1.165) is 16.5 Å². The second-order valence-corrected chi connectivity index (χ2v) is 5.72. The van der Waals surface area contributed by atoms with Gasteiger partial charge in [0, 0.05) is 10.9 Å². The third kappa shape index (κ3) is 2.07. The zero-order chi connectivity index (χ0) is 14.2. The molecule has 0 saturated heterocycles. The molecule has 1 heterocycles. The quantitative estimate of drug-likeness (QED) is 0.635. The third-order valence-corrected chi connectivity index (χ3v) is 4.48. The topological polar surface area (TPSA) is 30.2 Å². The number of carbonyl (C=O) groups excluding carboxylic acids is 1. The van der Waals surface area contributed by atoms with E-state index < -0.39 is 0 Å². The summed E-state index contributed by atoms with van der Waals surface area (Å²) in [7, 11) is 0. The highest BCUT2D eigenvalue weighted by molar-refractivity contribution is 6.15.